The largest absolute Gasteiger partial charge is 0.455 e. The van der Waals surface area contributed by atoms with Crippen LogP contribution in [0.1, 0.15) is 35.7 Å². The maximum absolute atomic E-state index is 9.15. The zero-order valence-corrected chi connectivity index (χ0v) is 12.8. The highest BCUT2D eigenvalue weighted by Crippen LogP contribution is 2.46. The van der Waals surface area contributed by atoms with Gasteiger partial charge < -0.3 is 9.84 Å². The van der Waals surface area contributed by atoms with Crippen molar-refractivity contribution in [2.75, 3.05) is 6.61 Å². The number of ether oxygens (including phenoxy) is 1. The van der Waals surface area contributed by atoms with E-state index in [2.05, 4.69) is 9.94 Å². The molecule has 1 saturated carbocycles. The molecule has 0 aliphatic heterocycles. The molecule has 1 N–H and O–H groups in total. The van der Waals surface area contributed by atoms with E-state index in [4.69, 9.17) is 21.7 Å². The Morgan fingerprint density at radius 2 is 2.26 bits per heavy atom. The van der Waals surface area contributed by atoms with Crippen LogP contribution in [0.25, 0.3) is 4.85 Å². The van der Waals surface area contributed by atoms with Crippen molar-refractivity contribution in [1.82, 2.24) is 9.78 Å². The lowest BCUT2D eigenvalue weighted by Gasteiger charge is -2.08. The third-order valence-electron chi connectivity index (χ3n) is 3.82. The van der Waals surface area contributed by atoms with Crippen LogP contribution in [0.3, 0.4) is 0 Å². The Balaban J connectivity index is 2.00. The smallest absolute Gasteiger partial charge is 0.192 e. The highest BCUT2D eigenvalue weighted by Gasteiger charge is 2.32. The summed E-state index contributed by atoms with van der Waals surface area (Å²) in [5.74, 6) is 1.53. The third kappa shape index (κ3) is 3.03. The van der Waals surface area contributed by atoms with Gasteiger partial charge in [0.2, 0.25) is 0 Å². The summed E-state index contributed by atoms with van der Waals surface area (Å²) in [6.45, 7) is 9.45. The van der Waals surface area contributed by atoms with Crippen LogP contribution in [0, 0.1) is 24.8 Å². The summed E-state index contributed by atoms with van der Waals surface area (Å²) in [5, 5.41) is 22.8. The van der Waals surface area contributed by atoms with Gasteiger partial charge in [-0.2, -0.15) is 10.4 Å². The average Bonchev–Trinajstić information content (AvgIpc) is 3.36. The molecule has 23 heavy (non-hydrogen) atoms. The zero-order chi connectivity index (χ0) is 16.4. The molecule has 2 aromatic rings. The first-order valence-electron chi connectivity index (χ1n) is 7.45. The van der Waals surface area contributed by atoms with Gasteiger partial charge in [0.05, 0.1) is 31.5 Å². The Bertz CT molecular complexity index is 790. The van der Waals surface area contributed by atoms with E-state index in [1.165, 1.54) is 6.07 Å². The van der Waals surface area contributed by atoms with Gasteiger partial charge in [-0.05, 0) is 38.0 Å². The number of hydrogen-bond donors (Lipinski definition) is 1. The van der Waals surface area contributed by atoms with Crippen molar-refractivity contribution in [2.45, 2.75) is 32.2 Å². The first kappa shape index (κ1) is 15.1. The maximum atomic E-state index is 9.15. The lowest BCUT2D eigenvalue weighted by Crippen LogP contribution is -2.06. The van der Waals surface area contributed by atoms with Crippen LogP contribution in [0.15, 0.2) is 18.2 Å². The van der Waals surface area contributed by atoms with Gasteiger partial charge in [-0.1, -0.05) is 0 Å². The Morgan fingerprint density at radius 1 is 1.48 bits per heavy atom. The highest BCUT2D eigenvalue weighted by atomic mass is 16.5. The van der Waals surface area contributed by atoms with Crippen LogP contribution in [0.2, 0.25) is 0 Å². The van der Waals surface area contributed by atoms with Crippen molar-refractivity contribution in [2.24, 2.45) is 0 Å². The fourth-order valence-electron chi connectivity index (χ4n) is 2.50. The van der Waals surface area contributed by atoms with E-state index in [9.17, 15) is 0 Å². The predicted octanol–water partition coefficient (Wildman–Crippen LogP) is 3.28. The molecule has 0 spiro atoms. The lowest BCUT2D eigenvalue weighted by molar-refractivity contribution is 0.267. The molecule has 1 aromatic heterocycles. The van der Waals surface area contributed by atoms with Gasteiger partial charge >= 0.3 is 0 Å². The lowest BCUT2D eigenvalue weighted by atomic mass is 10.2. The number of benzene rings is 1. The number of aliphatic hydroxyl groups excluding tert-OH is 1. The molecule has 0 unspecified atom stereocenters. The summed E-state index contributed by atoms with van der Waals surface area (Å²) in [6.07, 6.45) is 2.16. The van der Waals surface area contributed by atoms with Crippen molar-refractivity contribution >= 4 is 5.69 Å². The molecular weight excluding hydrogens is 292 g/mol. The van der Waals surface area contributed by atoms with Crippen molar-refractivity contribution < 1.29 is 9.84 Å². The number of aliphatic hydroxyl groups is 1. The highest BCUT2D eigenvalue weighted by molar-refractivity contribution is 5.56. The fraction of sp³-hybridized carbons (Fsp3) is 0.353. The van der Waals surface area contributed by atoms with Crippen molar-refractivity contribution in [3.63, 3.8) is 0 Å². The topological polar surface area (TPSA) is 75.4 Å². The maximum Gasteiger partial charge on any atom is 0.192 e. The molecule has 6 nitrogen and oxygen atoms in total. The molecule has 1 aliphatic rings. The number of rotatable bonds is 5. The molecule has 0 radical (unpaired) electrons. The first-order chi connectivity index (χ1) is 11.2. The van der Waals surface area contributed by atoms with E-state index in [1.807, 2.05) is 13.0 Å². The summed E-state index contributed by atoms with van der Waals surface area (Å²) in [4.78, 5) is 3.37. The van der Waals surface area contributed by atoms with E-state index >= 15 is 0 Å². The van der Waals surface area contributed by atoms with E-state index in [0.29, 0.717) is 35.2 Å². The van der Waals surface area contributed by atoms with Crippen molar-refractivity contribution in [3.8, 4) is 17.6 Å². The van der Waals surface area contributed by atoms with E-state index < -0.39 is 0 Å². The monoisotopic (exact) mass is 308 g/mol. The Hall–Kier alpha value is -2.83. The summed E-state index contributed by atoms with van der Waals surface area (Å²) in [7, 11) is 0. The van der Waals surface area contributed by atoms with Gasteiger partial charge in [0.15, 0.2) is 11.4 Å². The van der Waals surface area contributed by atoms with E-state index in [0.717, 1.165) is 24.2 Å². The molecule has 3 rings (SSSR count). The molecule has 0 atom stereocenters. The minimum atomic E-state index is 0.0118. The molecule has 0 saturated heterocycles. The number of hydrogen-bond acceptors (Lipinski definition) is 4. The van der Waals surface area contributed by atoms with Crippen LogP contribution in [-0.4, -0.2) is 21.5 Å². The molecule has 116 valence electrons. The standard InChI is InChI=1S/C17H16N4O2/c1-11-17(16(13-3-4-13)20-21(11)5-6-22)23-15-8-12(10-18)7-14(9-15)19-2/h7-9,13,22H,3-6H2,1H3. The second kappa shape index (κ2) is 6.12. The Kier molecular flexibility index (Phi) is 4.01. The number of aromatic nitrogens is 2. The second-order valence-corrected chi connectivity index (χ2v) is 5.56. The normalized spacial score (nSPS) is 13.4. The van der Waals surface area contributed by atoms with Crippen LogP contribution in [0.5, 0.6) is 11.5 Å². The Labute approximate surface area is 134 Å². The zero-order valence-electron chi connectivity index (χ0n) is 12.8. The number of nitrogens with zero attached hydrogens (tertiary/aromatic N) is 4. The summed E-state index contributed by atoms with van der Waals surface area (Å²) < 4.78 is 7.74. The average molecular weight is 308 g/mol. The summed E-state index contributed by atoms with van der Waals surface area (Å²) in [6, 6.07) is 6.81. The minimum absolute atomic E-state index is 0.0118. The predicted molar refractivity (Wildman–Crippen MR) is 83.5 cm³/mol. The first-order valence-corrected chi connectivity index (χ1v) is 7.45. The minimum Gasteiger partial charge on any atom is -0.455 e. The molecule has 6 heteroatoms. The Morgan fingerprint density at radius 3 is 2.87 bits per heavy atom. The molecule has 0 amide bonds. The fourth-order valence-corrected chi connectivity index (χ4v) is 2.50. The second-order valence-electron chi connectivity index (χ2n) is 5.56. The van der Waals surface area contributed by atoms with Crippen LogP contribution < -0.4 is 4.74 Å². The van der Waals surface area contributed by atoms with Gasteiger partial charge in [-0.3, -0.25) is 4.68 Å². The summed E-state index contributed by atoms with van der Waals surface area (Å²) >= 11 is 0. The van der Waals surface area contributed by atoms with Gasteiger partial charge in [-0.25, -0.2) is 4.85 Å². The van der Waals surface area contributed by atoms with Crippen LogP contribution >= 0.6 is 0 Å². The quantitative estimate of drug-likeness (QED) is 0.860. The molecule has 1 heterocycles. The van der Waals surface area contributed by atoms with Gasteiger partial charge in [0.1, 0.15) is 11.4 Å². The summed E-state index contributed by atoms with van der Waals surface area (Å²) in [5.41, 5.74) is 2.49. The SMILES string of the molecule is [C-]#[N+]c1cc(C#N)cc(Oc2c(C3CC3)nn(CCO)c2C)c1. The van der Waals surface area contributed by atoms with Gasteiger partial charge in [-0.15, -0.1) is 0 Å². The van der Waals surface area contributed by atoms with E-state index in [-0.39, 0.29) is 6.61 Å². The molecule has 1 aliphatic carbocycles. The van der Waals surface area contributed by atoms with Crippen LogP contribution in [-0.2, 0) is 6.54 Å². The number of nitriles is 1. The van der Waals surface area contributed by atoms with Crippen LogP contribution in [0.4, 0.5) is 5.69 Å². The van der Waals surface area contributed by atoms with E-state index in [1.54, 1.807) is 16.8 Å². The third-order valence-corrected chi connectivity index (χ3v) is 3.82. The molecule has 0 bridgehead atoms. The van der Waals surface area contributed by atoms with Gasteiger partial charge in [0.25, 0.3) is 0 Å². The molecular formula is C17H16N4O2. The molecule has 1 fully saturated rings. The van der Waals surface area contributed by atoms with Crippen molar-refractivity contribution in [1.29, 1.82) is 5.26 Å². The van der Waals surface area contributed by atoms with Crippen molar-refractivity contribution in [3.05, 3.63) is 46.6 Å². The molecule has 1 aromatic carbocycles. The van der Waals surface area contributed by atoms with Gasteiger partial charge in [0, 0.05) is 11.5 Å².